The number of nitrogens with two attached hydrogens (primary N) is 1. The Balaban J connectivity index is 1.72. The smallest absolute Gasteiger partial charge is 0.408 e. The summed E-state index contributed by atoms with van der Waals surface area (Å²) in [7, 11) is 1.56. The number of nitrogens with one attached hydrogen (secondary N) is 1. The lowest BCUT2D eigenvalue weighted by Gasteiger charge is -2.42. The number of aliphatic hydroxyl groups excluding tert-OH is 1. The third kappa shape index (κ3) is 4.94. The normalized spacial score (nSPS) is 37.7. The van der Waals surface area contributed by atoms with Crippen molar-refractivity contribution in [3.63, 3.8) is 0 Å². The van der Waals surface area contributed by atoms with E-state index in [-0.39, 0.29) is 24.2 Å². The van der Waals surface area contributed by atoms with E-state index >= 15 is 0 Å². The van der Waals surface area contributed by atoms with Gasteiger partial charge in [0, 0.05) is 7.11 Å². The SMILES string of the molecule is CO[C@H]1C(C2(C)O[C@@H]2C/C=C(\C)CO)[C@]2(CC[C@H]1OC(=O)N[C@@H](C(N)=O)C(C)(C)O)CO2. The van der Waals surface area contributed by atoms with E-state index in [9.17, 15) is 19.8 Å². The van der Waals surface area contributed by atoms with Crippen molar-refractivity contribution in [3.05, 3.63) is 11.6 Å². The van der Waals surface area contributed by atoms with E-state index in [4.69, 9.17) is 24.7 Å². The zero-order valence-electron chi connectivity index (χ0n) is 19.4. The molecular weight excluding hydrogens is 420 g/mol. The van der Waals surface area contributed by atoms with Crippen molar-refractivity contribution in [2.75, 3.05) is 20.3 Å². The lowest BCUT2D eigenvalue weighted by Crippen LogP contribution is -2.59. The maximum Gasteiger partial charge on any atom is 0.408 e. The second kappa shape index (κ2) is 8.90. The predicted octanol–water partition coefficient (Wildman–Crippen LogP) is 0.386. The summed E-state index contributed by atoms with van der Waals surface area (Å²) in [5, 5.41) is 21.7. The van der Waals surface area contributed by atoms with Gasteiger partial charge < -0.3 is 40.2 Å². The monoisotopic (exact) mass is 456 g/mol. The third-order valence-electron chi connectivity index (χ3n) is 6.94. The van der Waals surface area contributed by atoms with Crippen LogP contribution in [-0.4, -0.2) is 83.7 Å². The van der Waals surface area contributed by atoms with Crippen molar-refractivity contribution >= 4 is 12.0 Å². The first-order valence-electron chi connectivity index (χ1n) is 11.0. The molecule has 2 heterocycles. The number of ether oxygens (including phenoxy) is 4. The highest BCUT2D eigenvalue weighted by atomic mass is 16.6. The quantitative estimate of drug-likeness (QED) is 0.287. The number of amides is 2. The number of carbonyl (C=O) groups excluding carboxylic acids is 2. The average molecular weight is 457 g/mol. The number of aliphatic hydroxyl groups is 2. The summed E-state index contributed by atoms with van der Waals surface area (Å²) in [6, 6.07) is -1.30. The largest absolute Gasteiger partial charge is 0.443 e. The van der Waals surface area contributed by atoms with E-state index in [0.717, 1.165) is 5.57 Å². The van der Waals surface area contributed by atoms with Crippen molar-refractivity contribution in [1.29, 1.82) is 0 Å². The van der Waals surface area contributed by atoms with Gasteiger partial charge in [-0.1, -0.05) is 11.6 Å². The van der Waals surface area contributed by atoms with Gasteiger partial charge in [-0.3, -0.25) is 4.79 Å². The molecule has 2 aliphatic heterocycles. The highest BCUT2D eigenvalue weighted by molar-refractivity contribution is 5.85. The number of epoxide rings is 2. The first kappa shape index (κ1) is 24.9. The lowest BCUT2D eigenvalue weighted by atomic mass is 9.68. The van der Waals surface area contributed by atoms with Crippen LogP contribution in [0.15, 0.2) is 11.6 Å². The number of rotatable bonds is 9. The highest BCUT2D eigenvalue weighted by Gasteiger charge is 2.72. The number of hydrogen-bond acceptors (Lipinski definition) is 8. The van der Waals surface area contributed by atoms with Gasteiger partial charge in [0.2, 0.25) is 5.91 Å². The van der Waals surface area contributed by atoms with Gasteiger partial charge in [-0.05, 0) is 47.0 Å². The van der Waals surface area contributed by atoms with Crippen LogP contribution in [-0.2, 0) is 23.7 Å². The molecule has 0 bridgehead atoms. The van der Waals surface area contributed by atoms with Crippen LogP contribution in [0.1, 0.15) is 47.0 Å². The van der Waals surface area contributed by atoms with Crippen LogP contribution in [0, 0.1) is 5.92 Å². The molecule has 0 aromatic heterocycles. The minimum absolute atomic E-state index is 0.00256. The fraction of sp³-hybridized carbons (Fsp3) is 0.818. The Morgan fingerprint density at radius 3 is 2.56 bits per heavy atom. The summed E-state index contributed by atoms with van der Waals surface area (Å²) in [5.74, 6) is -1.03. The summed E-state index contributed by atoms with van der Waals surface area (Å²) < 4.78 is 23.4. The molecule has 5 N–H and O–H groups in total. The van der Waals surface area contributed by atoms with Crippen molar-refractivity contribution in [2.45, 2.75) is 88.1 Å². The Morgan fingerprint density at radius 2 is 2.06 bits per heavy atom. The highest BCUT2D eigenvalue weighted by Crippen LogP contribution is 2.59. The van der Waals surface area contributed by atoms with Gasteiger partial charge in [0.1, 0.15) is 29.5 Å². The lowest BCUT2D eigenvalue weighted by molar-refractivity contribution is -0.127. The summed E-state index contributed by atoms with van der Waals surface area (Å²) >= 11 is 0. The van der Waals surface area contributed by atoms with Gasteiger partial charge in [0.05, 0.1) is 30.8 Å². The average Bonchev–Trinajstić information content (AvgIpc) is 3.62. The molecule has 32 heavy (non-hydrogen) atoms. The van der Waals surface area contributed by atoms with Crippen LogP contribution in [0.3, 0.4) is 0 Å². The second-order valence-electron chi connectivity index (χ2n) is 9.88. The Kier molecular flexibility index (Phi) is 6.93. The summed E-state index contributed by atoms with van der Waals surface area (Å²) in [6.07, 6.45) is 1.83. The van der Waals surface area contributed by atoms with E-state index < -0.39 is 41.5 Å². The molecule has 3 aliphatic rings. The molecule has 1 spiro atoms. The minimum atomic E-state index is -1.55. The van der Waals surface area contributed by atoms with Gasteiger partial charge in [-0.25, -0.2) is 4.79 Å². The molecule has 0 aromatic rings. The van der Waals surface area contributed by atoms with Crippen LogP contribution >= 0.6 is 0 Å². The Hall–Kier alpha value is -1.72. The molecule has 3 rings (SSSR count). The number of alkyl carbamates (subject to hydrolysis) is 1. The molecular formula is C22H36N2O8. The van der Waals surface area contributed by atoms with Gasteiger partial charge >= 0.3 is 6.09 Å². The van der Waals surface area contributed by atoms with Gasteiger partial charge in [-0.2, -0.15) is 0 Å². The van der Waals surface area contributed by atoms with Crippen LogP contribution in [0.2, 0.25) is 0 Å². The van der Waals surface area contributed by atoms with E-state index in [1.54, 1.807) is 7.11 Å². The van der Waals surface area contributed by atoms with Gasteiger partial charge in [0.25, 0.3) is 0 Å². The molecule has 10 nitrogen and oxygen atoms in total. The van der Waals surface area contributed by atoms with Gasteiger partial charge in [0.15, 0.2) is 0 Å². The van der Waals surface area contributed by atoms with E-state index in [1.807, 2.05) is 19.9 Å². The maximum absolute atomic E-state index is 12.6. The summed E-state index contributed by atoms with van der Waals surface area (Å²) in [4.78, 5) is 24.2. The summed E-state index contributed by atoms with van der Waals surface area (Å²) in [5.41, 5.74) is 3.75. The first-order chi connectivity index (χ1) is 14.9. The Morgan fingerprint density at radius 1 is 1.41 bits per heavy atom. The predicted molar refractivity (Wildman–Crippen MR) is 114 cm³/mol. The van der Waals surface area contributed by atoms with Gasteiger partial charge in [-0.15, -0.1) is 0 Å². The molecule has 2 amide bonds. The van der Waals surface area contributed by atoms with Crippen LogP contribution in [0.25, 0.3) is 0 Å². The van der Waals surface area contributed by atoms with E-state index in [0.29, 0.717) is 25.9 Å². The van der Waals surface area contributed by atoms with Crippen molar-refractivity contribution < 1.29 is 38.7 Å². The molecule has 0 radical (unpaired) electrons. The fourth-order valence-electron chi connectivity index (χ4n) is 4.99. The molecule has 0 aromatic carbocycles. The maximum atomic E-state index is 12.6. The molecule has 10 heteroatoms. The fourth-order valence-corrected chi connectivity index (χ4v) is 4.99. The van der Waals surface area contributed by atoms with Crippen molar-refractivity contribution in [1.82, 2.24) is 5.32 Å². The van der Waals surface area contributed by atoms with Crippen molar-refractivity contribution in [2.24, 2.45) is 11.7 Å². The number of primary amides is 1. The minimum Gasteiger partial charge on any atom is -0.443 e. The molecule has 1 aliphatic carbocycles. The van der Waals surface area contributed by atoms with E-state index in [2.05, 4.69) is 5.32 Å². The molecule has 2 saturated heterocycles. The molecule has 182 valence electrons. The van der Waals surface area contributed by atoms with Crippen molar-refractivity contribution in [3.8, 4) is 0 Å². The topological polar surface area (TPSA) is 156 Å². The number of hydrogen-bond donors (Lipinski definition) is 4. The zero-order chi connectivity index (χ0) is 23.9. The standard InChI is InChI=1S/C22H36N2O8/c1-12(10-25)6-7-14-21(4,32-14)16-15(29-5)13(8-9-22(16)11-30-22)31-19(27)24-17(18(23)26)20(2,3)28/h6,13-17,25,28H,7-11H2,1-5H3,(H2,23,26)(H,24,27)/b12-6+/t13-,14-,15-,16?,17+,21?,22+/m1/s1. The van der Waals surface area contributed by atoms with Crippen LogP contribution < -0.4 is 11.1 Å². The van der Waals surface area contributed by atoms with E-state index in [1.165, 1.54) is 13.8 Å². The first-order valence-corrected chi connectivity index (χ1v) is 11.0. The second-order valence-corrected chi connectivity index (χ2v) is 9.88. The number of carbonyl (C=O) groups is 2. The Bertz CT molecular complexity index is 760. The molecule has 7 atom stereocenters. The molecule has 3 fully saturated rings. The number of methoxy groups -OCH3 is 1. The summed E-state index contributed by atoms with van der Waals surface area (Å²) in [6.45, 7) is 7.23. The third-order valence-corrected chi connectivity index (χ3v) is 6.94. The van der Waals surface area contributed by atoms with Crippen LogP contribution in [0.5, 0.6) is 0 Å². The Labute approximate surface area is 188 Å². The zero-order valence-corrected chi connectivity index (χ0v) is 19.4. The van der Waals surface area contributed by atoms with Crippen LogP contribution in [0.4, 0.5) is 4.79 Å². The molecule has 2 unspecified atom stereocenters. The molecule has 1 saturated carbocycles.